The highest BCUT2D eigenvalue weighted by Gasteiger charge is 2.32. The molecule has 1 aliphatic rings. The van der Waals surface area contributed by atoms with Gasteiger partial charge in [0.05, 0.1) is 17.4 Å². The Hall–Kier alpha value is -3.00. The van der Waals surface area contributed by atoms with E-state index in [1.54, 1.807) is 36.4 Å². The van der Waals surface area contributed by atoms with Crippen molar-refractivity contribution in [2.45, 2.75) is 25.7 Å². The predicted molar refractivity (Wildman–Crippen MR) is 143 cm³/mol. The number of piperidine rings is 1. The SMILES string of the molecule is O=C(c1ccccc1)c1cc(Cl)ccc1NC(=O)[C@H]1CCCN(S(=O)(=O)CCCc2ccccc2)C1. The van der Waals surface area contributed by atoms with E-state index in [1.165, 1.54) is 10.4 Å². The van der Waals surface area contributed by atoms with Crippen molar-refractivity contribution < 1.29 is 18.0 Å². The molecule has 3 aromatic carbocycles. The number of carbonyl (C=O) groups is 2. The molecule has 3 aromatic rings. The van der Waals surface area contributed by atoms with Crippen LogP contribution in [0.15, 0.2) is 78.9 Å². The fourth-order valence-corrected chi connectivity index (χ4v) is 6.19. The molecule has 0 radical (unpaired) electrons. The van der Waals surface area contributed by atoms with Gasteiger partial charge in [-0.3, -0.25) is 9.59 Å². The van der Waals surface area contributed by atoms with E-state index in [9.17, 15) is 18.0 Å². The van der Waals surface area contributed by atoms with Crippen LogP contribution in [-0.2, 0) is 21.2 Å². The third kappa shape index (κ3) is 6.60. The summed E-state index contributed by atoms with van der Waals surface area (Å²) >= 11 is 6.15. The van der Waals surface area contributed by atoms with E-state index in [4.69, 9.17) is 11.6 Å². The molecule has 1 heterocycles. The van der Waals surface area contributed by atoms with Gasteiger partial charge in [0.15, 0.2) is 5.78 Å². The average Bonchev–Trinajstić information content (AvgIpc) is 2.90. The lowest BCUT2D eigenvalue weighted by atomic mass is 9.97. The maximum atomic E-state index is 13.2. The summed E-state index contributed by atoms with van der Waals surface area (Å²) in [5.41, 5.74) is 2.25. The number of anilines is 1. The molecule has 1 N–H and O–H groups in total. The highest BCUT2D eigenvalue weighted by molar-refractivity contribution is 7.89. The maximum Gasteiger partial charge on any atom is 0.228 e. The zero-order valence-corrected chi connectivity index (χ0v) is 21.5. The summed E-state index contributed by atoms with van der Waals surface area (Å²) in [6.45, 7) is 0.547. The first-order valence-corrected chi connectivity index (χ1v) is 14.0. The van der Waals surface area contributed by atoms with E-state index in [0.29, 0.717) is 54.1 Å². The Balaban J connectivity index is 1.41. The molecule has 36 heavy (non-hydrogen) atoms. The molecule has 6 nitrogen and oxygen atoms in total. The molecule has 1 aliphatic heterocycles. The number of benzene rings is 3. The summed E-state index contributed by atoms with van der Waals surface area (Å²) in [6.07, 6.45) is 2.39. The van der Waals surface area contributed by atoms with E-state index in [1.807, 2.05) is 36.4 Å². The number of ketones is 1. The molecule has 0 aromatic heterocycles. The zero-order chi connectivity index (χ0) is 25.5. The Morgan fingerprint density at radius 1 is 0.972 bits per heavy atom. The van der Waals surface area contributed by atoms with E-state index in [-0.39, 0.29) is 24.0 Å². The van der Waals surface area contributed by atoms with Gasteiger partial charge in [-0.05, 0) is 49.4 Å². The first-order chi connectivity index (χ1) is 17.3. The van der Waals surface area contributed by atoms with Crippen LogP contribution in [0.25, 0.3) is 0 Å². The van der Waals surface area contributed by atoms with Crippen molar-refractivity contribution in [3.05, 3.63) is 101 Å². The molecule has 0 spiro atoms. The van der Waals surface area contributed by atoms with Crippen molar-refractivity contribution in [3.63, 3.8) is 0 Å². The molecule has 0 aliphatic carbocycles. The van der Waals surface area contributed by atoms with Gasteiger partial charge in [-0.1, -0.05) is 72.3 Å². The molecule has 0 unspecified atom stereocenters. The van der Waals surface area contributed by atoms with Crippen LogP contribution in [0.1, 0.15) is 40.7 Å². The minimum Gasteiger partial charge on any atom is -0.325 e. The molecule has 1 amide bonds. The van der Waals surface area contributed by atoms with Gasteiger partial charge in [0.25, 0.3) is 0 Å². The molecule has 188 valence electrons. The predicted octanol–water partition coefficient (Wildman–Crippen LogP) is 5.18. The quantitative estimate of drug-likeness (QED) is 0.391. The van der Waals surface area contributed by atoms with Crippen LogP contribution < -0.4 is 5.32 Å². The first-order valence-electron chi connectivity index (χ1n) is 12.1. The average molecular weight is 525 g/mol. The van der Waals surface area contributed by atoms with Gasteiger partial charge in [0, 0.05) is 29.2 Å². The lowest BCUT2D eigenvalue weighted by Gasteiger charge is -2.31. The third-order valence-corrected chi connectivity index (χ3v) is 8.54. The van der Waals surface area contributed by atoms with Crippen molar-refractivity contribution in [3.8, 4) is 0 Å². The number of carbonyl (C=O) groups excluding carboxylic acids is 2. The summed E-state index contributed by atoms with van der Waals surface area (Å²) in [4.78, 5) is 26.2. The number of halogens is 1. The molecular formula is C28H29ClN2O4S. The van der Waals surface area contributed by atoms with Crippen LogP contribution in [0, 0.1) is 5.92 Å². The number of nitrogens with one attached hydrogen (secondary N) is 1. The smallest absolute Gasteiger partial charge is 0.228 e. The Morgan fingerprint density at radius 2 is 1.67 bits per heavy atom. The van der Waals surface area contributed by atoms with E-state index < -0.39 is 15.9 Å². The number of amides is 1. The van der Waals surface area contributed by atoms with Gasteiger partial charge >= 0.3 is 0 Å². The normalized spacial score (nSPS) is 16.4. The number of aryl methyl sites for hydroxylation is 1. The lowest BCUT2D eigenvalue weighted by molar-refractivity contribution is -0.120. The monoisotopic (exact) mass is 524 g/mol. The van der Waals surface area contributed by atoms with Crippen LogP contribution in [0.5, 0.6) is 0 Å². The Labute approximate surface area is 217 Å². The highest BCUT2D eigenvalue weighted by atomic mass is 35.5. The molecule has 0 bridgehead atoms. The number of sulfonamides is 1. The van der Waals surface area contributed by atoms with Crippen molar-refractivity contribution >= 4 is 39.0 Å². The number of hydrogen-bond acceptors (Lipinski definition) is 4. The Kier molecular flexibility index (Phi) is 8.56. The molecule has 4 rings (SSSR count). The standard InChI is InChI=1S/C28H29ClN2O4S/c29-24-15-16-26(25(19-24)27(32)22-12-5-2-6-13-22)30-28(33)23-14-7-17-31(20-23)36(34,35)18-8-11-21-9-3-1-4-10-21/h1-6,9-10,12-13,15-16,19,23H,7-8,11,14,17-18,20H2,(H,30,33)/t23-/m0/s1. The second-order valence-electron chi connectivity index (χ2n) is 8.98. The topological polar surface area (TPSA) is 83.6 Å². The summed E-state index contributed by atoms with van der Waals surface area (Å²) in [7, 11) is -3.47. The van der Waals surface area contributed by atoms with Gasteiger partial charge in [-0.2, -0.15) is 0 Å². The second-order valence-corrected chi connectivity index (χ2v) is 11.5. The van der Waals surface area contributed by atoms with Crippen molar-refractivity contribution in [2.75, 3.05) is 24.2 Å². The van der Waals surface area contributed by atoms with E-state index >= 15 is 0 Å². The van der Waals surface area contributed by atoms with Crippen LogP contribution in [0.4, 0.5) is 5.69 Å². The molecule has 8 heteroatoms. The van der Waals surface area contributed by atoms with Crippen LogP contribution in [0.3, 0.4) is 0 Å². The largest absolute Gasteiger partial charge is 0.325 e. The van der Waals surface area contributed by atoms with Crippen molar-refractivity contribution in [1.82, 2.24) is 4.31 Å². The van der Waals surface area contributed by atoms with Crippen LogP contribution in [0.2, 0.25) is 5.02 Å². The van der Waals surface area contributed by atoms with Gasteiger partial charge in [0.2, 0.25) is 15.9 Å². The Morgan fingerprint density at radius 3 is 2.39 bits per heavy atom. The lowest BCUT2D eigenvalue weighted by Crippen LogP contribution is -2.44. The number of rotatable bonds is 9. The van der Waals surface area contributed by atoms with Gasteiger partial charge in [-0.15, -0.1) is 0 Å². The number of hydrogen-bond donors (Lipinski definition) is 1. The first kappa shape index (κ1) is 26.1. The van der Waals surface area contributed by atoms with E-state index in [2.05, 4.69) is 5.32 Å². The summed E-state index contributed by atoms with van der Waals surface area (Å²) in [5, 5.41) is 3.24. The van der Waals surface area contributed by atoms with Crippen LogP contribution in [-0.4, -0.2) is 43.3 Å². The van der Waals surface area contributed by atoms with Gasteiger partial charge in [-0.25, -0.2) is 12.7 Å². The molecule has 1 saturated heterocycles. The minimum atomic E-state index is -3.47. The van der Waals surface area contributed by atoms with Crippen molar-refractivity contribution in [1.29, 1.82) is 0 Å². The fourth-order valence-electron chi connectivity index (χ4n) is 4.43. The highest BCUT2D eigenvalue weighted by Crippen LogP contribution is 2.26. The summed E-state index contributed by atoms with van der Waals surface area (Å²) in [5.74, 6) is -1.01. The summed E-state index contributed by atoms with van der Waals surface area (Å²) < 4.78 is 27.4. The fraction of sp³-hybridized carbons (Fsp3) is 0.286. The van der Waals surface area contributed by atoms with Gasteiger partial charge < -0.3 is 5.32 Å². The molecular weight excluding hydrogens is 496 g/mol. The zero-order valence-electron chi connectivity index (χ0n) is 19.9. The van der Waals surface area contributed by atoms with E-state index in [0.717, 1.165) is 5.56 Å². The van der Waals surface area contributed by atoms with Crippen molar-refractivity contribution in [2.24, 2.45) is 5.92 Å². The molecule has 0 saturated carbocycles. The van der Waals surface area contributed by atoms with Gasteiger partial charge in [0.1, 0.15) is 0 Å². The molecule has 1 atom stereocenters. The number of nitrogens with zero attached hydrogens (tertiary/aromatic N) is 1. The van der Waals surface area contributed by atoms with Crippen LogP contribution >= 0.6 is 11.6 Å². The summed E-state index contributed by atoms with van der Waals surface area (Å²) in [6, 6.07) is 23.3. The molecule has 1 fully saturated rings. The maximum absolute atomic E-state index is 13.2. The second kappa shape index (κ2) is 11.8. The third-order valence-electron chi connectivity index (χ3n) is 6.38. The minimum absolute atomic E-state index is 0.0448. The Bertz CT molecular complexity index is 1310.